The Morgan fingerprint density at radius 1 is 0.875 bits per heavy atom. The largest absolute Gasteiger partial charge is 0.489 e. The maximum absolute atomic E-state index is 12.4. The van der Waals surface area contributed by atoms with Crippen molar-refractivity contribution in [1.82, 2.24) is 5.32 Å². The lowest BCUT2D eigenvalue weighted by atomic mass is 10.1. The van der Waals surface area contributed by atoms with Crippen molar-refractivity contribution in [2.75, 3.05) is 0 Å². The molecule has 0 spiro atoms. The van der Waals surface area contributed by atoms with Crippen molar-refractivity contribution in [2.45, 2.75) is 6.61 Å². The number of rotatable bonds is 5. The molecule has 0 aromatic heterocycles. The van der Waals surface area contributed by atoms with Crippen molar-refractivity contribution in [3.8, 4) is 5.75 Å². The van der Waals surface area contributed by atoms with Crippen LogP contribution in [0.3, 0.4) is 0 Å². The van der Waals surface area contributed by atoms with Gasteiger partial charge in [-0.25, -0.2) is 4.99 Å². The molecule has 1 fully saturated rings. The van der Waals surface area contributed by atoms with Gasteiger partial charge in [-0.1, -0.05) is 72.8 Å². The van der Waals surface area contributed by atoms with Crippen molar-refractivity contribution in [3.63, 3.8) is 0 Å². The van der Waals surface area contributed by atoms with E-state index in [0.717, 1.165) is 22.6 Å². The molecule has 1 aliphatic rings. The Kier molecular flexibility index (Phi) is 5.73. The zero-order chi connectivity index (χ0) is 21.8. The first-order valence-corrected chi connectivity index (χ1v) is 11.1. The van der Waals surface area contributed by atoms with Crippen LogP contribution in [-0.4, -0.2) is 11.1 Å². The van der Waals surface area contributed by atoms with E-state index in [1.807, 2.05) is 78.9 Å². The molecule has 1 N–H and O–H groups in total. The molecule has 0 unspecified atom stereocenters. The molecule has 1 aliphatic heterocycles. The summed E-state index contributed by atoms with van der Waals surface area (Å²) in [5, 5.41) is 5.80. The fraction of sp³-hybridized carbons (Fsp3) is 0.0370. The van der Waals surface area contributed by atoms with E-state index in [1.165, 1.54) is 22.5 Å². The maximum Gasteiger partial charge on any atom is 0.264 e. The van der Waals surface area contributed by atoms with E-state index in [1.54, 1.807) is 0 Å². The van der Waals surface area contributed by atoms with Gasteiger partial charge >= 0.3 is 0 Å². The molecule has 1 heterocycles. The molecule has 1 amide bonds. The van der Waals surface area contributed by atoms with Gasteiger partial charge in [0.05, 0.1) is 10.6 Å². The van der Waals surface area contributed by atoms with E-state index < -0.39 is 0 Å². The second kappa shape index (κ2) is 9.12. The number of hydrogen-bond donors (Lipinski definition) is 1. The summed E-state index contributed by atoms with van der Waals surface area (Å²) in [4.78, 5) is 17.5. The Hall–Kier alpha value is -3.83. The highest BCUT2D eigenvalue weighted by molar-refractivity contribution is 8.18. The molecule has 0 saturated carbocycles. The molecule has 156 valence electrons. The van der Waals surface area contributed by atoms with Crippen LogP contribution in [0.5, 0.6) is 5.75 Å². The van der Waals surface area contributed by atoms with Crippen LogP contribution in [0.4, 0.5) is 5.69 Å². The molecule has 32 heavy (non-hydrogen) atoms. The average Bonchev–Trinajstić information content (AvgIpc) is 3.16. The van der Waals surface area contributed by atoms with Crippen LogP contribution in [0.1, 0.15) is 11.1 Å². The minimum Gasteiger partial charge on any atom is -0.489 e. The summed E-state index contributed by atoms with van der Waals surface area (Å²) in [6.07, 6.45) is 1.86. The molecule has 0 radical (unpaired) electrons. The van der Waals surface area contributed by atoms with Gasteiger partial charge in [0.15, 0.2) is 5.17 Å². The maximum atomic E-state index is 12.4. The van der Waals surface area contributed by atoms with E-state index in [9.17, 15) is 4.79 Å². The lowest BCUT2D eigenvalue weighted by Crippen LogP contribution is -2.19. The lowest BCUT2D eigenvalue weighted by molar-refractivity contribution is -0.115. The van der Waals surface area contributed by atoms with Crippen molar-refractivity contribution in [3.05, 3.63) is 113 Å². The molecular weight excluding hydrogens is 416 g/mol. The Morgan fingerprint density at radius 2 is 1.66 bits per heavy atom. The second-order valence-electron chi connectivity index (χ2n) is 7.32. The van der Waals surface area contributed by atoms with Crippen LogP contribution in [-0.2, 0) is 11.4 Å². The Morgan fingerprint density at radius 3 is 2.56 bits per heavy atom. The molecule has 4 aromatic rings. The smallest absolute Gasteiger partial charge is 0.264 e. The average molecular weight is 437 g/mol. The van der Waals surface area contributed by atoms with E-state index in [2.05, 4.69) is 34.6 Å². The van der Waals surface area contributed by atoms with Crippen LogP contribution >= 0.6 is 11.8 Å². The van der Waals surface area contributed by atoms with Gasteiger partial charge in [-0.3, -0.25) is 4.79 Å². The van der Waals surface area contributed by atoms with Gasteiger partial charge in [0.25, 0.3) is 5.91 Å². The van der Waals surface area contributed by atoms with E-state index in [4.69, 9.17) is 4.74 Å². The summed E-state index contributed by atoms with van der Waals surface area (Å²) in [7, 11) is 0. The Bertz CT molecular complexity index is 1340. The first-order chi connectivity index (χ1) is 15.7. The van der Waals surface area contributed by atoms with Crippen molar-refractivity contribution in [2.24, 2.45) is 4.99 Å². The molecule has 4 nitrogen and oxygen atoms in total. The van der Waals surface area contributed by atoms with Crippen molar-refractivity contribution < 1.29 is 9.53 Å². The summed E-state index contributed by atoms with van der Waals surface area (Å²) in [5.41, 5.74) is 2.85. The Labute approximate surface area is 190 Å². The number of carbonyl (C=O) groups excluding carboxylic acids is 1. The molecular formula is C27H20N2O2S. The van der Waals surface area contributed by atoms with E-state index >= 15 is 0 Å². The standard InChI is InChI=1S/C27H20N2O2S/c30-26-25(32-27(29-26)28-22-12-2-1-3-13-22)17-19-8-6-14-23(16-19)31-18-21-11-7-10-20-9-4-5-15-24(20)21/h1-17H,18H2,(H,28,29,30)/b25-17-. The first kappa shape index (κ1) is 20.1. The van der Waals surface area contributed by atoms with E-state index in [-0.39, 0.29) is 5.91 Å². The quantitative estimate of drug-likeness (QED) is 0.373. The number of ether oxygens (including phenoxy) is 1. The highest BCUT2D eigenvalue weighted by atomic mass is 32.2. The summed E-state index contributed by atoms with van der Waals surface area (Å²) in [5.74, 6) is 0.612. The van der Waals surface area contributed by atoms with Gasteiger partial charge in [0.1, 0.15) is 12.4 Å². The van der Waals surface area contributed by atoms with Crippen LogP contribution in [0.2, 0.25) is 0 Å². The van der Waals surface area contributed by atoms with Crippen LogP contribution in [0.15, 0.2) is 107 Å². The first-order valence-electron chi connectivity index (χ1n) is 10.3. The highest BCUT2D eigenvalue weighted by Gasteiger charge is 2.23. The number of amides is 1. The third-order valence-electron chi connectivity index (χ3n) is 5.07. The highest BCUT2D eigenvalue weighted by Crippen LogP contribution is 2.29. The topological polar surface area (TPSA) is 50.7 Å². The summed E-state index contributed by atoms with van der Waals surface area (Å²) in [6, 6.07) is 31.9. The number of nitrogens with one attached hydrogen (secondary N) is 1. The molecule has 5 rings (SSSR count). The zero-order valence-corrected chi connectivity index (χ0v) is 18.0. The zero-order valence-electron chi connectivity index (χ0n) is 17.2. The molecule has 4 aromatic carbocycles. The number of hydrogen-bond acceptors (Lipinski definition) is 4. The molecule has 5 heteroatoms. The third kappa shape index (κ3) is 4.58. The second-order valence-corrected chi connectivity index (χ2v) is 8.35. The lowest BCUT2D eigenvalue weighted by Gasteiger charge is -2.09. The van der Waals surface area contributed by atoms with Gasteiger partial charge in [-0.15, -0.1) is 0 Å². The summed E-state index contributed by atoms with van der Waals surface area (Å²) in [6.45, 7) is 0.477. The van der Waals surface area contributed by atoms with E-state index in [0.29, 0.717) is 16.7 Å². The predicted molar refractivity (Wildman–Crippen MR) is 132 cm³/mol. The predicted octanol–water partition coefficient (Wildman–Crippen LogP) is 6.31. The van der Waals surface area contributed by atoms with Crippen molar-refractivity contribution >= 4 is 45.4 Å². The number of para-hydroxylation sites is 1. The SMILES string of the molecule is O=C1NC(=Nc2ccccc2)S/C1=C\c1cccc(OCc2cccc3ccccc23)c1. The van der Waals surface area contributed by atoms with Gasteiger partial charge in [-0.05, 0) is 64.0 Å². The minimum atomic E-state index is -0.147. The molecule has 1 saturated heterocycles. The van der Waals surface area contributed by atoms with Gasteiger partial charge in [0, 0.05) is 0 Å². The monoisotopic (exact) mass is 436 g/mol. The van der Waals surface area contributed by atoms with Gasteiger partial charge in [0.2, 0.25) is 0 Å². The van der Waals surface area contributed by atoms with Crippen LogP contribution < -0.4 is 10.1 Å². The Balaban J connectivity index is 1.31. The normalized spacial score (nSPS) is 15.9. The molecule has 0 bridgehead atoms. The van der Waals surface area contributed by atoms with Gasteiger partial charge < -0.3 is 10.1 Å². The molecule has 0 atom stereocenters. The number of amidine groups is 1. The third-order valence-corrected chi connectivity index (χ3v) is 5.98. The summed E-state index contributed by atoms with van der Waals surface area (Å²) >= 11 is 1.34. The molecule has 0 aliphatic carbocycles. The number of thioether (sulfide) groups is 1. The van der Waals surface area contributed by atoms with Gasteiger partial charge in [-0.2, -0.15) is 0 Å². The fourth-order valence-electron chi connectivity index (χ4n) is 3.53. The fourth-order valence-corrected chi connectivity index (χ4v) is 4.37. The number of carbonyl (C=O) groups is 1. The number of nitrogens with zero attached hydrogens (tertiary/aromatic N) is 1. The van der Waals surface area contributed by atoms with Crippen LogP contribution in [0, 0.1) is 0 Å². The summed E-state index contributed by atoms with van der Waals surface area (Å²) < 4.78 is 6.07. The number of fused-ring (bicyclic) bond motifs is 1. The number of aliphatic imine (C=N–C) groups is 1. The minimum absolute atomic E-state index is 0.147. The van der Waals surface area contributed by atoms with Crippen LogP contribution in [0.25, 0.3) is 16.8 Å². The number of benzene rings is 4. The van der Waals surface area contributed by atoms with Crippen molar-refractivity contribution in [1.29, 1.82) is 0 Å².